The molecular weight excluding hydrogens is 804 g/mol. The molecule has 18 heteroatoms. The minimum absolute atomic E-state index is 0. The van der Waals surface area contributed by atoms with Gasteiger partial charge in [-0.3, -0.25) is 0 Å². The van der Waals surface area contributed by atoms with Crippen LogP contribution in [0, 0.1) is 23.2 Å². The molecule has 0 bridgehead atoms. The van der Waals surface area contributed by atoms with Gasteiger partial charge in [-0.25, -0.2) is 0 Å². The minimum Gasteiger partial charge on any atom is -0.870 e. The molecule has 0 radical (unpaired) electrons. The van der Waals surface area contributed by atoms with Gasteiger partial charge in [-0.2, -0.15) is 19.6 Å². The third-order valence-corrected chi connectivity index (χ3v) is 13.5. The zero-order valence-corrected chi connectivity index (χ0v) is 38.2. The molecule has 2 rings (SSSR count). The van der Waals surface area contributed by atoms with E-state index in [2.05, 4.69) is 74.1 Å². The van der Waals surface area contributed by atoms with Crippen LogP contribution in [0.2, 0.25) is 0 Å². The maximum atomic E-state index is 10.5. The van der Waals surface area contributed by atoms with E-state index in [9.17, 15) is 19.6 Å². The van der Waals surface area contributed by atoms with Crippen LogP contribution in [0.3, 0.4) is 0 Å². The number of rotatable bonds is 22. The molecule has 0 amide bonds. The maximum absolute atomic E-state index is 10.5. The molecule has 2 saturated carbocycles. The first-order chi connectivity index (χ1) is 24.8. The Labute approximate surface area is 340 Å². The van der Waals surface area contributed by atoms with Crippen molar-refractivity contribution >= 4 is 34.0 Å². The van der Waals surface area contributed by atoms with Gasteiger partial charge in [0, 0.05) is 0 Å². The van der Waals surface area contributed by atoms with Gasteiger partial charge in [0.2, 0.25) is 9.03 Å². The molecule has 2 aliphatic rings. The van der Waals surface area contributed by atoms with Gasteiger partial charge in [-0.1, -0.05) is 95.5 Å². The molecule has 0 spiro atoms. The highest BCUT2D eigenvalue weighted by Gasteiger charge is 2.45. The Morgan fingerprint density at radius 2 is 1.46 bits per heavy atom. The lowest BCUT2D eigenvalue weighted by Crippen LogP contribution is -2.41. The average Bonchev–Trinajstić information content (AvgIpc) is 3.03. The summed E-state index contributed by atoms with van der Waals surface area (Å²) >= 11 is 0. The number of hydrogen-bond acceptors (Lipinski definition) is 12. The molecule has 0 heterocycles. The highest BCUT2D eigenvalue weighted by Crippen LogP contribution is 2.57. The first-order valence-corrected chi connectivity index (χ1v) is 23.7. The molecule has 330 valence electrons. The fourth-order valence-electron chi connectivity index (χ4n) is 7.06. The van der Waals surface area contributed by atoms with Crippen LogP contribution < -0.4 is 4.89 Å². The Bertz CT molecular complexity index is 1230. The van der Waals surface area contributed by atoms with Crippen molar-refractivity contribution in [2.75, 3.05) is 13.2 Å². The summed E-state index contributed by atoms with van der Waals surface area (Å²) in [6.45, 7) is 19.7. The van der Waals surface area contributed by atoms with E-state index in [0.717, 1.165) is 75.2 Å². The average molecular weight is 879 g/mol. The van der Waals surface area contributed by atoms with Crippen LogP contribution in [-0.4, -0.2) is 59.0 Å². The molecule has 5 atom stereocenters. The first kappa shape index (κ1) is 59.9. The summed E-state index contributed by atoms with van der Waals surface area (Å²) < 4.78 is 18.2. The van der Waals surface area contributed by atoms with E-state index >= 15 is 0 Å². The highest BCUT2D eigenvalue weighted by atomic mass is 31.3. The fraction of sp³-hybridized carbons (Fsp3) is 0.684. The predicted molar refractivity (Wildman–Crippen MR) is 229 cm³/mol. The molecule has 0 aliphatic heterocycles. The lowest BCUT2D eigenvalue weighted by atomic mass is 9.54. The van der Waals surface area contributed by atoms with Crippen molar-refractivity contribution in [1.29, 1.82) is 0 Å². The number of hydrogen-bond donors (Lipinski definition) is 6. The van der Waals surface area contributed by atoms with Crippen molar-refractivity contribution in [2.24, 2.45) is 23.2 Å². The second kappa shape index (κ2) is 31.5. The molecule has 3 unspecified atom stereocenters. The highest BCUT2D eigenvalue weighted by molar-refractivity contribution is 7.61. The zero-order chi connectivity index (χ0) is 40.1. The van der Waals surface area contributed by atoms with Gasteiger partial charge in [0.05, 0.1) is 6.61 Å². The van der Waals surface area contributed by atoms with E-state index in [1.807, 2.05) is 19.9 Å². The monoisotopic (exact) mass is 878 g/mol. The van der Waals surface area contributed by atoms with Crippen LogP contribution in [-0.2, 0) is 17.7 Å². The van der Waals surface area contributed by atoms with Gasteiger partial charge < -0.3 is 35.6 Å². The van der Waals surface area contributed by atoms with E-state index in [1.165, 1.54) is 48.0 Å². The smallest absolute Gasteiger partial charge is 0.575 e. The first-order valence-electron chi connectivity index (χ1n) is 18.6. The van der Waals surface area contributed by atoms with Crippen molar-refractivity contribution in [1.82, 2.24) is 0 Å². The summed E-state index contributed by atoms with van der Waals surface area (Å²) in [5.41, 5.74) is 6.84. The summed E-state index contributed by atoms with van der Waals surface area (Å²) in [5.74, 6) is 2.17. The molecule has 0 saturated heterocycles. The molecule has 0 aromatic carbocycles. The quantitative estimate of drug-likeness (QED) is 0.0339. The summed E-state index contributed by atoms with van der Waals surface area (Å²) in [6.07, 6.45) is 27.2. The van der Waals surface area contributed by atoms with E-state index in [4.69, 9.17) is 23.7 Å². The van der Waals surface area contributed by atoms with Crippen molar-refractivity contribution in [3.63, 3.8) is 0 Å². The second-order valence-electron chi connectivity index (χ2n) is 15.1. The normalized spacial score (nSPS) is 21.0. The molecule has 14 nitrogen and oxygen atoms in total. The maximum Gasteiger partial charge on any atom is 0.575 e. The summed E-state index contributed by atoms with van der Waals surface area (Å²) in [4.78, 5) is 64.2. The predicted octanol–water partition coefficient (Wildman–Crippen LogP) is 8.51. The SMILES string of the molecule is C=C1CC[C@H]2C(CCCC2(C)C)[C@@H]1CC/C(C)=C/CO[P+](O)(O)OPO.CC(C)=CCC/C=C/CC/C(C)=C/CC/C(C)=C/COP(O)O[P+]([O-])(O)O.O.O.[OH-]. The van der Waals surface area contributed by atoms with Gasteiger partial charge in [-0.05, 0) is 135 Å². The van der Waals surface area contributed by atoms with Gasteiger partial charge in [0.25, 0.3) is 0 Å². The van der Waals surface area contributed by atoms with Crippen LogP contribution in [0.5, 0.6) is 0 Å². The Morgan fingerprint density at radius 1 is 0.875 bits per heavy atom. The molecule has 56 heavy (non-hydrogen) atoms. The number of phosphoric acid groups is 1. The van der Waals surface area contributed by atoms with Crippen LogP contribution in [0.1, 0.15) is 132 Å². The van der Waals surface area contributed by atoms with E-state index in [0.29, 0.717) is 11.3 Å². The summed E-state index contributed by atoms with van der Waals surface area (Å²) in [7, 11) is -12.2. The largest absolute Gasteiger partial charge is 0.870 e. The third-order valence-electron chi connectivity index (χ3n) is 9.96. The second-order valence-corrected chi connectivity index (χ2v) is 19.6. The third kappa shape index (κ3) is 28.1. The Hall–Kier alpha value is -0.400. The summed E-state index contributed by atoms with van der Waals surface area (Å²) in [6, 6.07) is 0. The number of fused-ring (bicyclic) bond motifs is 1. The van der Waals surface area contributed by atoms with Crippen molar-refractivity contribution in [2.45, 2.75) is 132 Å². The Kier molecular flexibility index (Phi) is 33.7. The van der Waals surface area contributed by atoms with Gasteiger partial charge >= 0.3 is 24.9 Å². The van der Waals surface area contributed by atoms with Crippen molar-refractivity contribution in [3.8, 4) is 0 Å². The summed E-state index contributed by atoms with van der Waals surface area (Å²) in [5, 5.41) is 0. The van der Waals surface area contributed by atoms with E-state index in [-0.39, 0.29) is 29.6 Å². The number of allylic oxidation sites excluding steroid dienone is 9. The molecule has 11 N–H and O–H groups in total. The van der Waals surface area contributed by atoms with Gasteiger partial charge in [-0.15, -0.1) is 8.83 Å². The topological polar surface area (TPSA) is 274 Å². The molecule has 2 fully saturated rings. The van der Waals surface area contributed by atoms with Crippen LogP contribution in [0.15, 0.2) is 70.9 Å². The zero-order valence-electron chi connectivity index (χ0n) is 34.5. The molecule has 2 aliphatic carbocycles. The molecule has 0 aromatic rings. The van der Waals surface area contributed by atoms with Gasteiger partial charge in [0.1, 0.15) is 6.61 Å². The Morgan fingerprint density at radius 3 is 2.09 bits per heavy atom. The Balaban J connectivity index is -0.000000952. The van der Waals surface area contributed by atoms with Gasteiger partial charge in [0.15, 0.2) is 0 Å². The van der Waals surface area contributed by atoms with E-state index in [1.54, 1.807) is 6.08 Å². The van der Waals surface area contributed by atoms with Crippen molar-refractivity contribution < 1.29 is 68.4 Å². The fourth-order valence-corrected chi connectivity index (χ4v) is 9.08. The van der Waals surface area contributed by atoms with Crippen LogP contribution in [0.4, 0.5) is 0 Å². The molecule has 0 aromatic heterocycles. The number of unbranched alkanes of at least 4 members (excludes halogenated alkanes) is 1. The van der Waals surface area contributed by atoms with Crippen molar-refractivity contribution in [3.05, 3.63) is 70.9 Å². The van der Waals surface area contributed by atoms with Crippen LogP contribution in [0.25, 0.3) is 0 Å². The van der Waals surface area contributed by atoms with E-state index < -0.39 is 34.0 Å². The molecular formula is C38H74O14P4. The lowest BCUT2D eigenvalue weighted by Gasteiger charge is -2.51. The van der Waals surface area contributed by atoms with Crippen LogP contribution >= 0.6 is 34.0 Å². The lowest BCUT2D eigenvalue weighted by molar-refractivity contribution is -0.228. The minimum atomic E-state index is -4.72. The standard InChI is InChI=1S/C19H34O6P2.C19H35O5P2.3H2O/c1-17(2)11-8-6-5-7-9-12-18(3)13-10-14-19(4)15-16-24-26(20)25-27(21,22)23;1-14(11-13-23-26(21,22)24-25-20)7-9-16-15(2)8-10-18-17(16)6-5-12-19(18,3)4;;;/h5,7,11,13,15,20H,6,8-10,12,14,16H2,1-4H3,(H2,21,22,23);11,16-18,20-22,25H,2,5-10,12-13H2,1,3-4H3;3*1H2/q;+1;;;/p-1/b7-5+,18-13+,19-15+;14-11+;;;/t;16-,17?,18+;;;/m.1.../s1.